The molecule has 0 radical (unpaired) electrons. The first-order chi connectivity index (χ1) is 10.2. The number of hydrogen-bond donors (Lipinski definition) is 2. The van der Waals surface area contributed by atoms with Gasteiger partial charge in [0.25, 0.3) is 0 Å². The van der Waals surface area contributed by atoms with E-state index in [-0.39, 0.29) is 5.84 Å². The van der Waals surface area contributed by atoms with Crippen LogP contribution in [0.25, 0.3) is 0 Å². The molecule has 2 aromatic carbocycles. The van der Waals surface area contributed by atoms with E-state index in [2.05, 4.69) is 37.2 Å². The Morgan fingerprint density at radius 3 is 2.57 bits per heavy atom. The standard InChI is InChI=1S/C16H18N2OS2/c1-3-20-13-8-5-9-14(15(13)16(17)18-19)21-12-7-4-6-11(2)10-12/h4-10,19H,3H2,1-2H3,(H2,17,18). The normalized spacial score (nSPS) is 11.6. The number of rotatable bonds is 5. The lowest BCUT2D eigenvalue weighted by molar-refractivity contribution is 0.318. The van der Waals surface area contributed by atoms with Gasteiger partial charge in [-0.2, -0.15) is 0 Å². The van der Waals surface area contributed by atoms with Crippen molar-refractivity contribution in [1.82, 2.24) is 0 Å². The van der Waals surface area contributed by atoms with Crippen molar-refractivity contribution in [2.24, 2.45) is 10.9 Å². The largest absolute Gasteiger partial charge is 0.409 e. The predicted octanol–water partition coefficient (Wildman–Crippen LogP) is 4.35. The lowest BCUT2D eigenvalue weighted by atomic mass is 10.2. The van der Waals surface area contributed by atoms with Crippen molar-refractivity contribution in [2.75, 3.05) is 5.75 Å². The Bertz CT molecular complexity index is 656. The Morgan fingerprint density at radius 1 is 1.19 bits per heavy atom. The van der Waals surface area contributed by atoms with E-state index < -0.39 is 0 Å². The summed E-state index contributed by atoms with van der Waals surface area (Å²) < 4.78 is 0. The van der Waals surface area contributed by atoms with Crippen LogP contribution >= 0.6 is 23.5 Å². The van der Waals surface area contributed by atoms with Gasteiger partial charge in [-0.25, -0.2) is 0 Å². The molecule has 0 saturated heterocycles. The SMILES string of the molecule is CCSc1cccc(Sc2cccc(C)c2)c1/C(N)=N/O. The van der Waals surface area contributed by atoms with Crippen LogP contribution in [0.15, 0.2) is 62.3 Å². The predicted molar refractivity (Wildman–Crippen MR) is 90.7 cm³/mol. The van der Waals surface area contributed by atoms with Gasteiger partial charge >= 0.3 is 0 Å². The maximum atomic E-state index is 9.06. The number of thioether (sulfide) groups is 1. The first-order valence-corrected chi connectivity index (χ1v) is 8.44. The number of nitrogens with zero attached hydrogens (tertiary/aromatic N) is 1. The molecule has 110 valence electrons. The van der Waals surface area contributed by atoms with Crippen molar-refractivity contribution in [1.29, 1.82) is 0 Å². The number of hydrogen-bond acceptors (Lipinski definition) is 4. The van der Waals surface area contributed by atoms with Crippen LogP contribution in [0.4, 0.5) is 0 Å². The fourth-order valence-electron chi connectivity index (χ4n) is 1.98. The van der Waals surface area contributed by atoms with E-state index in [0.717, 1.165) is 26.0 Å². The van der Waals surface area contributed by atoms with Gasteiger partial charge < -0.3 is 10.9 Å². The minimum Gasteiger partial charge on any atom is -0.409 e. The highest BCUT2D eigenvalue weighted by atomic mass is 32.2. The van der Waals surface area contributed by atoms with E-state index >= 15 is 0 Å². The Hall–Kier alpha value is -1.59. The Morgan fingerprint density at radius 2 is 1.90 bits per heavy atom. The topological polar surface area (TPSA) is 58.6 Å². The smallest absolute Gasteiger partial charge is 0.172 e. The van der Waals surface area contributed by atoms with Crippen LogP contribution in [-0.4, -0.2) is 16.8 Å². The molecule has 0 saturated carbocycles. The highest BCUT2D eigenvalue weighted by Gasteiger charge is 2.14. The molecule has 0 heterocycles. The summed E-state index contributed by atoms with van der Waals surface area (Å²) in [6.45, 7) is 4.15. The number of aryl methyl sites for hydroxylation is 1. The molecule has 0 amide bonds. The minimum atomic E-state index is 0.154. The first kappa shape index (κ1) is 15.8. The summed E-state index contributed by atoms with van der Waals surface area (Å²) in [4.78, 5) is 3.17. The molecule has 0 bridgehead atoms. The van der Waals surface area contributed by atoms with Crippen LogP contribution in [-0.2, 0) is 0 Å². The number of benzene rings is 2. The summed E-state index contributed by atoms with van der Waals surface area (Å²) in [6, 6.07) is 14.3. The van der Waals surface area contributed by atoms with Crippen molar-refractivity contribution in [3.8, 4) is 0 Å². The highest BCUT2D eigenvalue weighted by Crippen LogP contribution is 2.35. The molecule has 0 aliphatic rings. The number of nitrogens with two attached hydrogens (primary N) is 1. The molecule has 0 atom stereocenters. The van der Waals surface area contributed by atoms with Crippen LogP contribution in [0.1, 0.15) is 18.1 Å². The van der Waals surface area contributed by atoms with Gasteiger partial charge in [0.05, 0.1) is 0 Å². The zero-order chi connectivity index (χ0) is 15.2. The molecule has 2 rings (SSSR count). The van der Waals surface area contributed by atoms with Crippen molar-refractivity contribution < 1.29 is 5.21 Å². The van der Waals surface area contributed by atoms with Crippen LogP contribution < -0.4 is 5.73 Å². The summed E-state index contributed by atoms with van der Waals surface area (Å²) >= 11 is 3.32. The lowest BCUT2D eigenvalue weighted by Crippen LogP contribution is -2.15. The maximum Gasteiger partial charge on any atom is 0.172 e. The minimum absolute atomic E-state index is 0.154. The average Bonchev–Trinajstić information content (AvgIpc) is 2.47. The quantitative estimate of drug-likeness (QED) is 0.283. The molecule has 5 heteroatoms. The van der Waals surface area contributed by atoms with Crippen molar-refractivity contribution in [2.45, 2.75) is 28.5 Å². The fraction of sp³-hybridized carbons (Fsp3) is 0.188. The molecule has 2 aromatic rings. The second-order valence-corrected chi connectivity index (χ2v) is 6.89. The van der Waals surface area contributed by atoms with Gasteiger partial charge in [0.15, 0.2) is 5.84 Å². The van der Waals surface area contributed by atoms with E-state index in [4.69, 9.17) is 10.9 Å². The molecule has 0 aliphatic carbocycles. The van der Waals surface area contributed by atoms with Crippen LogP contribution in [0.3, 0.4) is 0 Å². The number of amidine groups is 1. The molecular weight excluding hydrogens is 300 g/mol. The van der Waals surface area contributed by atoms with Crippen molar-refractivity contribution >= 4 is 29.4 Å². The molecule has 0 aromatic heterocycles. The van der Waals surface area contributed by atoms with E-state index in [1.165, 1.54) is 5.56 Å². The van der Waals surface area contributed by atoms with Gasteiger partial charge in [-0.15, -0.1) is 11.8 Å². The lowest BCUT2D eigenvalue weighted by Gasteiger charge is -2.12. The summed E-state index contributed by atoms with van der Waals surface area (Å²) in [5.74, 6) is 1.09. The maximum absolute atomic E-state index is 9.06. The summed E-state index contributed by atoms with van der Waals surface area (Å²) in [5.41, 5.74) is 7.90. The third-order valence-electron chi connectivity index (χ3n) is 2.87. The summed E-state index contributed by atoms with van der Waals surface area (Å²) in [6.07, 6.45) is 0. The molecule has 3 nitrogen and oxygen atoms in total. The zero-order valence-corrected chi connectivity index (χ0v) is 13.7. The van der Waals surface area contributed by atoms with Gasteiger partial charge in [-0.3, -0.25) is 0 Å². The van der Waals surface area contributed by atoms with E-state index in [0.29, 0.717) is 0 Å². The molecular formula is C16H18N2OS2. The van der Waals surface area contributed by atoms with Crippen molar-refractivity contribution in [3.05, 3.63) is 53.6 Å². The van der Waals surface area contributed by atoms with Gasteiger partial charge in [-0.1, -0.05) is 47.6 Å². The molecule has 0 unspecified atom stereocenters. The summed E-state index contributed by atoms with van der Waals surface area (Å²) in [7, 11) is 0. The Balaban J connectivity index is 2.45. The third kappa shape index (κ3) is 3.95. The Kier molecular flexibility index (Phi) is 5.59. The van der Waals surface area contributed by atoms with Gasteiger partial charge in [0.2, 0.25) is 0 Å². The fourth-order valence-corrected chi connectivity index (χ4v) is 4.00. The highest BCUT2D eigenvalue weighted by molar-refractivity contribution is 8.00. The zero-order valence-electron chi connectivity index (χ0n) is 12.0. The molecule has 0 spiro atoms. The van der Waals surface area contributed by atoms with Crippen LogP contribution in [0.2, 0.25) is 0 Å². The summed E-state index contributed by atoms with van der Waals surface area (Å²) in [5, 5.41) is 12.2. The van der Waals surface area contributed by atoms with Crippen LogP contribution in [0.5, 0.6) is 0 Å². The second kappa shape index (κ2) is 7.43. The van der Waals surface area contributed by atoms with Gasteiger partial charge in [-0.05, 0) is 36.9 Å². The molecule has 0 aliphatic heterocycles. The first-order valence-electron chi connectivity index (χ1n) is 6.64. The van der Waals surface area contributed by atoms with E-state index in [9.17, 15) is 0 Å². The van der Waals surface area contributed by atoms with Gasteiger partial charge in [0.1, 0.15) is 0 Å². The number of oxime groups is 1. The Labute approximate surface area is 133 Å². The van der Waals surface area contributed by atoms with Crippen molar-refractivity contribution in [3.63, 3.8) is 0 Å². The molecule has 21 heavy (non-hydrogen) atoms. The monoisotopic (exact) mass is 318 g/mol. The van der Waals surface area contributed by atoms with Gasteiger partial charge in [0, 0.05) is 20.2 Å². The second-order valence-electron chi connectivity index (χ2n) is 4.47. The third-order valence-corrected chi connectivity index (χ3v) is 4.86. The molecule has 3 N–H and O–H groups in total. The molecule has 0 fully saturated rings. The van der Waals surface area contributed by atoms with Crippen LogP contribution in [0, 0.1) is 6.92 Å². The van der Waals surface area contributed by atoms with E-state index in [1.807, 2.05) is 24.3 Å². The average molecular weight is 318 g/mol. The van der Waals surface area contributed by atoms with E-state index in [1.54, 1.807) is 23.5 Å².